The number of nitrogens with zero attached hydrogens (tertiary/aromatic N) is 5. The molecular weight excluding hydrogens is 409 g/mol. The van der Waals surface area contributed by atoms with Gasteiger partial charge >= 0.3 is 0 Å². The zero-order valence-electron chi connectivity index (χ0n) is 18.0. The molecule has 0 spiro atoms. The van der Waals surface area contributed by atoms with Crippen LogP contribution in [0, 0.1) is 24.6 Å². The van der Waals surface area contributed by atoms with Crippen LogP contribution in [0.4, 0.5) is 4.39 Å². The summed E-state index contributed by atoms with van der Waals surface area (Å²) < 4.78 is 19.1. The monoisotopic (exact) mass is 433 g/mol. The second-order valence-electron chi connectivity index (χ2n) is 8.57. The Hall–Kier alpha value is -3.42. The van der Waals surface area contributed by atoms with E-state index in [-0.39, 0.29) is 23.9 Å². The molecule has 2 atom stereocenters. The molecule has 2 bridgehead atoms. The molecule has 2 saturated heterocycles. The number of halogens is 1. The molecule has 5 heterocycles. The molecule has 0 aromatic carbocycles. The number of aromatic nitrogens is 4. The Balaban J connectivity index is 1.46. The van der Waals surface area contributed by atoms with Crippen molar-refractivity contribution in [3.8, 4) is 17.3 Å². The quantitative estimate of drug-likeness (QED) is 0.610. The van der Waals surface area contributed by atoms with Gasteiger partial charge in [-0.3, -0.25) is 4.79 Å². The van der Waals surface area contributed by atoms with E-state index in [1.807, 2.05) is 24.0 Å². The van der Waals surface area contributed by atoms with Crippen molar-refractivity contribution in [2.24, 2.45) is 11.8 Å². The third-order valence-corrected chi connectivity index (χ3v) is 6.63. The predicted octanol–water partition coefficient (Wildman–Crippen LogP) is 3.70. The Morgan fingerprint density at radius 1 is 1.16 bits per heavy atom. The minimum absolute atomic E-state index is 0.126. The first-order valence-electron chi connectivity index (χ1n) is 10.8. The fourth-order valence-electron chi connectivity index (χ4n) is 4.75. The average Bonchev–Trinajstić information content (AvgIpc) is 2.78. The van der Waals surface area contributed by atoms with Crippen molar-refractivity contribution < 1.29 is 13.9 Å². The molecule has 3 aromatic heterocycles. The highest BCUT2D eigenvalue weighted by Gasteiger charge is 2.51. The van der Waals surface area contributed by atoms with Crippen molar-refractivity contribution in [3.63, 3.8) is 0 Å². The van der Waals surface area contributed by atoms with Crippen molar-refractivity contribution in [1.29, 1.82) is 0 Å². The van der Waals surface area contributed by atoms with Gasteiger partial charge in [0.05, 0.1) is 17.8 Å². The maximum absolute atomic E-state index is 13.9. The molecule has 164 valence electrons. The van der Waals surface area contributed by atoms with Gasteiger partial charge in [-0.05, 0) is 55.9 Å². The van der Waals surface area contributed by atoms with Crippen LogP contribution >= 0.6 is 0 Å². The number of ether oxygens (including phenoxy) is 1. The summed E-state index contributed by atoms with van der Waals surface area (Å²) in [7, 11) is 0. The van der Waals surface area contributed by atoms with Gasteiger partial charge in [0.25, 0.3) is 5.91 Å². The minimum atomic E-state index is -0.414. The smallest absolute Gasteiger partial charge is 0.273 e. The van der Waals surface area contributed by atoms with Crippen molar-refractivity contribution in [2.45, 2.75) is 38.8 Å². The summed E-state index contributed by atoms with van der Waals surface area (Å²) in [5.41, 5.74) is 1.74. The van der Waals surface area contributed by atoms with Crippen LogP contribution in [0.15, 0.2) is 48.9 Å². The second-order valence-corrected chi connectivity index (χ2v) is 8.57. The van der Waals surface area contributed by atoms with Crippen molar-refractivity contribution in [3.05, 3.63) is 66.1 Å². The molecule has 3 aromatic rings. The Labute approximate surface area is 185 Å². The molecule has 3 aliphatic rings. The molecule has 6 rings (SSSR count). The molecule has 1 saturated carbocycles. The molecule has 0 unspecified atom stereocenters. The Kier molecular flexibility index (Phi) is 5.28. The molecule has 3 fully saturated rings. The maximum Gasteiger partial charge on any atom is 0.273 e. The number of hydrogen-bond donors (Lipinski definition) is 0. The third-order valence-electron chi connectivity index (χ3n) is 6.63. The van der Waals surface area contributed by atoms with Crippen LogP contribution in [0.1, 0.15) is 35.9 Å². The lowest BCUT2D eigenvalue weighted by atomic mass is 9.64. The largest absolute Gasteiger partial charge is 0.475 e. The molecule has 7 nitrogen and oxygen atoms in total. The van der Waals surface area contributed by atoms with Crippen molar-refractivity contribution in [1.82, 2.24) is 24.8 Å². The van der Waals surface area contributed by atoms with Crippen molar-refractivity contribution >= 4 is 5.91 Å². The number of fused-ring (bicyclic) bond motifs is 2. The van der Waals surface area contributed by atoms with E-state index in [2.05, 4.69) is 26.9 Å². The lowest BCUT2D eigenvalue weighted by molar-refractivity contribution is -0.0676. The van der Waals surface area contributed by atoms with Gasteiger partial charge in [-0.1, -0.05) is 6.92 Å². The summed E-state index contributed by atoms with van der Waals surface area (Å²) in [6, 6.07) is 8.31. The summed E-state index contributed by atoms with van der Waals surface area (Å²) in [6.45, 7) is 4.32. The van der Waals surface area contributed by atoms with Crippen LogP contribution in [0.2, 0.25) is 0 Å². The number of piperidine rings is 2. The van der Waals surface area contributed by atoms with E-state index in [1.165, 1.54) is 12.1 Å². The van der Waals surface area contributed by atoms with Gasteiger partial charge in [0, 0.05) is 30.2 Å². The molecular formula is C24H24FN5O2. The van der Waals surface area contributed by atoms with Crippen LogP contribution in [0.5, 0.6) is 5.88 Å². The maximum atomic E-state index is 13.9. The number of carbonyl (C=O) groups excluding carboxylic acids is 1. The van der Waals surface area contributed by atoms with E-state index in [4.69, 9.17) is 4.74 Å². The van der Waals surface area contributed by atoms with E-state index in [9.17, 15) is 9.18 Å². The van der Waals surface area contributed by atoms with E-state index in [0.29, 0.717) is 35.5 Å². The summed E-state index contributed by atoms with van der Waals surface area (Å²) >= 11 is 0. The van der Waals surface area contributed by atoms with E-state index in [1.54, 1.807) is 18.5 Å². The number of carbonyl (C=O) groups is 1. The molecule has 1 aliphatic carbocycles. The van der Waals surface area contributed by atoms with Gasteiger partial charge < -0.3 is 9.64 Å². The SMILES string of the molecule is Cc1ccc(-c2ncccn2)c(C(=O)N2C3CC(C3)[C@H](C)[C@H]2COc2ccc(F)cn2)n1. The van der Waals surface area contributed by atoms with Gasteiger partial charge in [0.1, 0.15) is 18.1 Å². The fourth-order valence-corrected chi connectivity index (χ4v) is 4.75. The number of amides is 1. The van der Waals surface area contributed by atoms with Crippen LogP contribution in [-0.4, -0.2) is 49.4 Å². The van der Waals surface area contributed by atoms with Gasteiger partial charge in [0.15, 0.2) is 5.82 Å². The van der Waals surface area contributed by atoms with Gasteiger partial charge in [-0.2, -0.15) is 0 Å². The lowest BCUT2D eigenvalue weighted by Gasteiger charge is -2.57. The molecule has 2 aliphatic heterocycles. The normalized spacial score (nSPS) is 24.0. The predicted molar refractivity (Wildman–Crippen MR) is 115 cm³/mol. The molecule has 8 heteroatoms. The topological polar surface area (TPSA) is 81.1 Å². The minimum Gasteiger partial charge on any atom is -0.475 e. The van der Waals surface area contributed by atoms with Gasteiger partial charge in [-0.15, -0.1) is 0 Å². The zero-order chi connectivity index (χ0) is 22.2. The first-order valence-corrected chi connectivity index (χ1v) is 10.8. The Bertz CT molecular complexity index is 1120. The summed E-state index contributed by atoms with van der Waals surface area (Å²) in [5.74, 6) is 1.11. The first kappa shape index (κ1) is 20.5. The standard InChI is InChI=1S/C24H24FN5O2/c1-14-4-6-19(23-26-8-3-9-27-23)22(29-14)24(31)30-18-10-16(11-18)15(2)20(30)13-32-21-7-5-17(25)12-28-21/h3-9,12,15-16,18,20H,10-11,13H2,1-2H3/t15-,16?,18?,20+/m0/s1. The third kappa shape index (κ3) is 3.70. The zero-order valence-corrected chi connectivity index (χ0v) is 18.0. The highest BCUT2D eigenvalue weighted by Crippen LogP contribution is 2.47. The van der Waals surface area contributed by atoms with Gasteiger partial charge in [-0.25, -0.2) is 24.3 Å². The second kappa shape index (κ2) is 8.26. The number of pyridine rings is 2. The van der Waals surface area contributed by atoms with Crippen LogP contribution in [0.25, 0.3) is 11.4 Å². The molecule has 0 N–H and O–H groups in total. The van der Waals surface area contributed by atoms with Crippen LogP contribution in [-0.2, 0) is 0 Å². The van der Waals surface area contributed by atoms with E-state index < -0.39 is 5.82 Å². The fraction of sp³-hybridized carbons (Fsp3) is 0.375. The number of aryl methyl sites for hydroxylation is 1. The van der Waals surface area contributed by atoms with Crippen LogP contribution in [0.3, 0.4) is 0 Å². The number of rotatable bonds is 5. The first-order chi connectivity index (χ1) is 15.5. The average molecular weight is 433 g/mol. The molecule has 1 amide bonds. The molecule has 32 heavy (non-hydrogen) atoms. The highest BCUT2D eigenvalue weighted by molar-refractivity contribution is 5.98. The van der Waals surface area contributed by atoms with Crippen LogP contribution < -0.4 is 4.74 Å². The lowest BCUT2D eigenvalue weighted by Crippen LogP contribution is -2.64. The Morgan fingerprint density at radius 3 is 2.66 bits per heavy atom. The summed E-state index contributed by atoms with van der Waals surface area (Å²) in [6.07, 6.45) is 6.41. The summed E-state index contributed by atoms with van der Waals surface area (Å²) in [4.78, 5) is 33.0. The van der Waals surface area contributed by atoms with E-state index in [0.717, 1.165) is 24.7 Å². The number of hydrogen-bond acceptors (Lipinski definition) is 6. The van der Waals surface area contributed by atoms with Gasteiger partial charge in [0.2, 0.25) is 5.88 Å². The summed E-state index contributed by atoms with van der Waals surface area (Å²) in [5, 5.41) is 0. The van der Waals surface area contributed by atoms with Crippen molar-refractivity contribution in [2.75, 3.05) is 6.61 Å². The van der Waals surface area contributed by atoms with E-state index >= 15 is 0 Å². The molecule has 0 radical (unpaired) electrons. The Morgan fingerprint density at radius 2 is 1.94 bits per heavy atom. The highest BCUT2D eigenvalue weighted by atomic mass is 19.1.